The molecule has 0 bridgehead atoms. The van der Waals surface area contributed by atoms with E-state index in [1.165, 1.54) is 0 Å². The van der Waals surface area contributed by atoms with Crippen LogP contribution in [0.25, 0.3) is 10.9 Å². The van der Waals surface area contributed by atoms with Gasteiger partial charge in [0.25, 0.3) is 0 Å². The highest BCUT2D eigenvalue weighted by Gasteiger charge is 2.19. The van der Waals surface area contributed by atoms with Gasteiger partial charge in [-0.1, -0.05) is 42.5 Å². The van der Waals surface area contributed by atoms with E-state index >= 15 is 0 Å². The van der Waals surface area contributed by atoms with Crippen molar-refractivity contribution >= 4 is 28.3 Å². The highest BCUT2D eigenvalue weighted by Crippen LogP contribution is 2.28. The van der Waals surface area contributed by atoms with Crippen LogP contribution in [0.2, 0.25) is 0 Å². The van der Waals surface area contributed by atoms with Crippen molar-refractivity contribution in [1.29, 1.82) is 0 Å². The summed E-state index contributed by atoms with van der Waals surface area (Å²) in [7, 11) is 0. The van der Waals surface area contributed by atoms with Crippen LogP contribution < -0.4 is 5.73 Å². The van der Waals surface area contributed by atoms with Gasteiger partial charge in [0.2, 0.25) is 0 Å². The van der Waals surface area contributed by atoms with Gasteiger partial charge >= 0.3 is 0 Å². The molecule has 1 aliphatic rings. The molecule has 2 heterocycles. The molecule has 0 radical (unpaired) electrons. The van der Waals surface area contributed by atoms with E-state index in [1.54, 1.807) is 0 Å². The molecule has 4 nitrogen and oxygen atoms in total. The molecule has 0 fully saturated rings. The molecule has 96 valence electrons. The van der Waals surface area contributed by atoms with Crippen LogP contribution in [0, 0.1) is 0 Å². The van der Waals surface area contributed by atoms with E-state index in [0.717, 1.165) is 27.7 Å². The third kappa shape index (κ3) is 1.55. The van der Waals surface area contributed by atoms with E-state index in [4.69, 9.17) is 5.73 Å². The van der Waals surface area contributed by atoms with Crippen LogP contribution in [0.1, 0.15) is 11.1 Å². The zero-order valence-corrected chi connectivity index (χ0v) is 10.7. The quantitative estimate of drug-likeness (QED) is 0.694. The lowest BCUT2D eigenvalue weighted by Gasteiger charge is -1.98. The van der Waals surface area contributed by atoms with Crippen molar-refractivity contribution in [2.24, 2.45) is 15.7 Å². The third-order valence-electron chi connectivity index (χ3n) is 3.46. The summed E-state index contributed by atoms with van der Waals surface area (Å²) in [5, 5.41) is 1.08. The van der Waals surface area contributed by atoms with Gasteiger partial charge in [-0.05, 0) is 6.07 Å². The van der Waals surface area contributed by atoms with E-state index < -0.39 is 0 Å². The minimum atomic E-state index is 0.527. The Morgan fingerprint density at radius 1 is 0.950 bits per heavy atom. The van der Waals surface area contributed by atoms with Gasteiger partial charge in [0.05, 0.1) is 5.69 Å². The first kappa shape index (κ1) is 11.0. The lowest BCUT2D eigenvalue weighted by Crippen LogP contribution is -2.09. The minimum absolute atomic E-state index is 0.527. The molecule has 1 aliphatic heterocycles. The normalized spacial score (nSPS) is 15.6. The van der Waals surface area contributed by atoms with E-state index in [9.17, 15) is 0 Å². The molecule has 0 spiro atoms. The largest absolute Gasteiger partial charge is 0.383 e. The van der Waals surface area contributed by atoms with Crippen LogP contribution in [0.15, 0.2) is 64.7 Å². The van der Waals surface area contributed by atoms with Gasteiger partial charge < -0.3 is 10.7 Å². The molecule has 4 heteroatoms. The zero-order chi connectivity index (χ0) is 13.5. The smallest absolute Gasteiger partial charge is 0.162 e. The molecule has 0 amide bonds. The monoisotopic (exact) mass is 260 g/mol. The summed E-state index contributed by atoms with van der Waals surface area (Å²) in [4.78, 5) is 12.2. The molecule has 1 aromatic heterocycles. The van der Waals surface area contributed by atoms with E-state index in [-0.39, 0.29) is 0 Å². The van der Waals surface area contributed by atoms with Crippen molar-refractivity contribution in [2.75, 3.05) is 0 Å². The number of nitrogens with zero attached hydrogens (tertiary/aromatic N) is 2. The Kier molecular flexibility index (Phi) is 2.23. The van der Waals surface area contributed by atoms with E-state index in [1.807, 2.05) is 54.7 Å². The van der Waals surface area contributed by atoms with Crippen LogP contribution >= 0.6 is 0 Å². The predicted octanol–water partition coefficient (Wildman–Crippen LogP) is 2.97. The maximum absolute atomic E-state index is 5.94. The van der Waals surface area contributed by atoms with Gasteiger partial charge in [0.1, 0.15) is 5.84 Å². The number of fused-ring (bicyclic) bond motifs is 2. The van der Waals surface area contributed by atoms with Crippen molar-refractivity contribution in [1.82, 2.24) is 4.98 Å². The highest BCUT2D eigenvalue weighted by molar-refractivity contribution is 6.22. The summed E-state index contributed by atoms with van der Waals surface area (Å²) in [6.07, 6.45) is 1.89. The first-order valence-electron chi connectivity index (χ1n) is 6.42. The van der Waals surface area contributed by atoms with Crippen LogP contribution in [0.4, 0.5) is 5.69 Å². The molecule has 20 heavy (non-hydrogen) atoms. The molecule has 0 atom stereocenters. The Bertz CT molecular complexity index is 871. The lowest BCUT2D eigenvalue weighted by molar-refractivity contribution is 1.44. The molecule has 2 aromatic carbocycles. The summed E-state index contributed by atoms with van der Waals surface area (Å²) < 4.78 is 0. The summed E-state index contributed by atoms with van der Waals surface area (Å²) >= 11 is 0. The van der Waals surface area contributed by atoms with Gasteiger partial charge in [-0.25, -0.2) is 9.98 Å². The zero-order valence-electron chi connectivity index (χ0n) is 10.7. The van der Waals surface area contributed by atoms with Gasteiger partial charge in [-0.2, -0.15) is 0 Å². The number of nitrogens with one attached hydrogen (secondary N) is 1. The number of para-hydroxylation sites is 1. The van der Waals surface area contributed by atoms with E-state index in [0.29, 0.717) is 11.7 Å². The fraction of sp³-hybridized carbons (Fsp3) is 0. The number of amidine groups is 2. The number of hydrogen-bond acceptors (Lipinski definition) is 2. The maximum atomic E-state index is 5.94. The van der Waals surface area contributed by atoms with Crippen molar-refractivity contribution in [2.45, 2.75) is 0 Å². The Labute approximate surface area is 115 Å². The predicted molar refractivity (Wildman–Crippen MR) is 81.7 cm³/mol. The number of nitrogens with two attached hydrogens (primary N) is 1. The average Bonchev–Trinajstić information content (AvgIpc) is 3.03. The van der Waals surface area contributed by atoms with Crippen LogP contribution in [0.5, 0.6) is 0 Å². The van der Waals surface area contributed by atoms with Crippen LogP contribution in [-0.4, -0.2) is 16.7 Å². The summed E-state index contributed by atoms with van der Waals surface area (Å²) in [5.41, 5.74) is 9.81. The first-order chi connectivity index (χ1) is 9.83. The van der Waals surface area contributed by atoms with Crippen molar-refractivity contribution in [3.05, 3.63) is 65.9 Å². The molecule has 4 rings (SSSR count). The Balaban J connectivity index is 1.90. The summed E-state index contributed by atoms with van der Waals surface area (Å²) in [6.45, 7) is 0. The number of aliphatic imine (C=N–C) groups is 2. The SMILES string of the molecule is NC1=NC(=Nc2c[nH]c3ccccc23)c2ccccc21. The maximum Gasteiger partial charge on any atom is 0.162 e. The number of rotatable bonds is 1. The topological polar surface area (TPSA) is 66.5 Å². The highest BCUT2D eigenvalue weighted by atomic mass is 15.0. The van der Waals surface area contributed by atoms with E-state index in [2.05, 4.69) is 15.0 Å². The van der Waals surface area contributed by atoms with Crippen LogP contribution in [0.3, 0.4) is 0 Å². The average molecular weight is 260 g/mol. The number of aromatic amines is 1. The van der Waals surface area contributed by atoms with Crippen molar-refractivity contribution < 1.29 is 0 Å². The Morgan fingerprint density at radius 2 is 1.70 bits per heavy atom. The number of aromatic nitrogens is 1. The molecule has 0 saturated carbocycles. The third-order valence-corrected chi connectivity index (χ3v) is 3.46. The molecule has 0 aliphatic carbocycles. The summed E-state index contributed by atoms with van der Waals surface area (Å²) in [6, 6.07) is 15.9. The second-order valence-corrected chi connectivity index (χ2v) is 4.70. The van der Waals surface area contributed by atoms with Gasteiger partial charge in [-0.15, -0.1) is 0 Å². The number of benzene rings is 2. The van der Waals surface area contributed by atoms with Gasteiger partial charge in [0.15, 0.2) is 5.84 Å². The molecule has 3 N–H and O–H groups in total. The number of H-pyrrole nitrogens is 1. The second kappa shape index (κ2) is 4.06. The fourth-order valence-electron chi connectivity index (χ4n) is 2.48. The standard InChI is InChI=1S/C16H12N4/c17-15-10-5-1-2-6-11(10)16(20-15)19-14-9-18-13-8-4-3-7-12(13)14/h1-9,18H,(H2,17,19,20). The van der Waals surface area contributed by atoms with Crippen molar-refractivity contribution in [3.63, 3.8) is 0 Å². The lowest BCUT2D eigenvalue weighted by atomic mass is 10.1. The Hall–Kier alpha value is -2.88. The summed E-state index contributed by atoms with van der Waals surface area (Å²) in [5.74, 6) is 1.20. The second-order valence-electron chi connectivity index (χ2n) is 4.70. The van der Waals surface area contributed by atoms with Crippen LogP contribution in [-0.2, 0) is 0 Å². The molecule has 3 aromatic rings. The minimum Gasteiger partial charge on any atom is -0.383 e. The molecular weight excluding hydrogens is 248 g/mol. The van der Waals surface area contributed by atoms with Crippen molar-refractivity contribution in [3.8, 4) is 0 Å². The van der Waals surface area contributed by atoms with Gasteiger partial charge in [0, 0.05) is 28.2 Å². The first-order valence-corrected chi connectivity index (χ1v) is 6.42. The van der Waals surface area contributed by atoms with Gasteiger partial charge in [-0.3, -0.25) is 0 Å². The molecule has 0 saturated heterocycles. The Morgan fingerprint density at radius 3 is 2.60 bits per heavy atom. The number of hydrogen-bond donors (Lipinski definition) is 2. The molecule has 0 unspecified atom stereocenters. The molecular formula is C16H12N4. The fourth-order valence-corrected chi connectivity index (χ4v) is 2.48.